The Hall–Kier alpha value is -1.85. The first-order chi connectivity index (χ1) is 12.2. The van der Waals surface area contributed by atoms with Gasteiger partial charge in [0.05, 0.1) is 6.42 Å². The van der Waals surface area contributed by atoms with Crippen LogP contribution in [-0.2, 0) is 19.2 Å². The molecule has 11 heteroatoms. The van der Waals surface area contributed by atoms with Gasteiger partial charge in [-0.3, -0.25) is 19.2 Å². The highest BCUT2D eigenvalue weighted by atomic mass is 32.1. The summed E-state index contributed by atoms with van der Waals surface area (Å²) in [6.07, 6.45) is 1.37. The average molecular weight is 392 g/mol. The van der Waals surface area contributed by atoms with Crippen molar-refractivity contribution in [2.45, 2.75) is 56.7 Å². The fraction of sp³-hybridized carbons (Fsp3) is 0.733. The van der Waals surface area contributed by atoms with Crippen molar-refractivity contribution in [1.82, 2.24) is 10.6 Å². The van der Waals surface area contributed by atoms with Crippen LogP contribution in [0.4, 0.5) is 0 Å². The van der Waals surface area contributed by atoms with Crippen LogP contribution in [0, 0.1) is 0 Å². The lowest BCUT2D eigenvalue weighted by Crippen LogP contribution is -2.51. The summed E-state index contributed by atoms with van der Waals surface area (Å²) in [5.74, 6) is -3.33. The van der Waals surface area contributed by atoms with E-state index >= 15 is 0 Å². The first-order valence-electron chi connectivity index (χ1n) is 8.32. The highest BCUT2D eigenvalue weighted by Gasteiger charge is 2.24. The SMILES string of the molecule is NCCCCC(CC(=O)O)NC(=O)C(CS)NC(=O)CCC(N)C(=O)O. The molecule has 0 rings (SSSR count). The summed E-state index contributed by atoms with van der Waals surface area (Å²) in [5.41, 5.74) is 10.7. The number of rotatable bonds is 14. The third-order valence-corrected chi connectivity index (χ3v) is 3.97. The molecule has 8 N–H and O–H groups in total. The van der Waals surface area contributed by atoms with Crippen LogP contribution in [0.5, 0.6) is 0 Å². The lowest BCUT2D eigenvalue weighted by molar-refractivity contribution is -0.140. The topological polar surface area (TPSA) is 185 Å². The monoisotopic (exact) mass is 392 g/mol. The van der Waals surface area contributed by atoms with Crippen LogP contribution in [0.15, 0.2) is 0 Å². The zero-order valence-electron chi connectivity index (χ0n) is 14.5. The van der Waals surface area contributed by atoms with E-state index in [1.807, 2.05) is 0 Å². The Kier molecular flexibility index (Phi) is 12.4. The number of carboxylic acid groups (broad SMARTS) is 2. The summed E-state index contributed by atoms with van der Waals surface area (Å²) in [6.45, 7) is 0.474. The zero-order chi connectivity index (χ0) is 20.1. The van der Waals surface area contributed by atoms with E-state index in [0.29, 0.717) is 25.8 Å². The molecule has 0 saturated carbocycles. The Morgan fingerprint density at radius 3 is 2.19 bits per heavy atom. The van der Waals surface area contributed by atoms with Gasteiger partial charge in [0.1, 0.15) is 12.1 Å². The molecular formula is C15H28N4O6S. The molecule has 0 aromatic rings. The summed E-state index contributed by atoms with van der Waals surface area (Å²) >= 11 is 4.02. The first kappa shape index (κ1) is 24.1. The quantitative estimate of drug-likeness (QED) is 0.140. The number of aliphatic carboxylic acids is 2. The van der Waals surface area contributed by atoms with Gasteiger partial charge in [-0.1, -0.05) is 6.42 Å². The second kappa shape index (κ2) is 13.4. The third kappa shape index (κ3) is 10.9. The third-order valence-electron chi connectivity index (χ3n) is 3.61. The Bertz CT molecular complexity index is 491. The summed E-state index contributed by atoms with van der Waals surface area (Å²) in [5, 5.41) is 22.7. The molecule has 0 aromatic carbocycles. The molecule has 0 fully saturated rings. The number of nitrogens with two attached hydrogens (primary N) is 2. The minimum absolute atomic E-state index is 0.00511. The van der Waals surface area contributed by atoms with Gasteiger partial charge < -0.3 is 32.3 Å². The van der Waals surface area contributed by atoms with E-state index in [1.54, 1.807) is 0 Å². The number of hydrogen-bond acceptors (Lipinski definition) is 7. The van der Waals surface area contributed by atoms with Gasteiger partial charge in [0.2, 0.25) is 11.8 Å². The molecule has 3 unspecified atom stereocenters. The zero-order valence-corrected chi connectivity index (χ0v) is 15.4. The summed E-state index contributed by atoms with van der Waals surface area (Å²) in [6, 6.07) is -2.70. The standard InChI is InChI=1S/C15H28N4O6S/c16-6-2-1-3-9(7-13(21)22)18-14(23)11(8-26)19-12(20)5-4-10(17)15(24)25/h9-11,26H,1-8,16-17H2,(H,18,23)(H,19,20)(H,21,22)(H,24,25). The lowest BCUT2D eigenvalue weighted by Gasteiger charge is -2.22. The van der Waals surface area contributed by atoms with Crippen LogP contribution in [-0.4, -0.2) is 64.4 Å². The molecule has 0 heterocycles. The number of unbranched alkanes of at least 4 members (excludes halogenated alkanes) is 1. The summed E-state index contributed by atoms with van der Waals surface area (Å²) < 4.78 is 0. The largest absolute Gasteiger partial charge is 0.481 e. The summed E-state index contributed by atoms with van der Waals surface area (Å²) in [4.78, 5) is 45.7. The maximum Gasteiger partial charge on any atom is 0.320 e. The highest BCUT2D eigenvalue weighted by Crippen LogP contribution is 2.06. The molecule has 0 saturated heterocycles. The first-order valence-corrected chi connectivity index (χ1v) is 8.95. The van der Waals surface area contributed by atoms with Crippen LogP contribution in [0.1, 0.15) is 38.5 Å². The number of hydrogen-bond donors (Lipinski definition) is 7. The average Bonchev–Trinajstić information content (AvgIpc) is 2.56. The fourth-order valence-corrected chi connectivity index (χ4v) is 2.40. The van der Waals surface area contributed by atoms with Gasteiger partial charge in [0.25, 0.3) is 0 Å². The van der Waals surface area contributed by atoms with Gasteiger partial charge in [0, 0.05) is 18.2 Å². The van der Waals surface area contributed by atoms with Gasteiger partial charge in [-0.25, -0.2) is 0 Å². The van der Waals surface area contributed by atoms with Crippen molar-refractivity contribution in [3.8, 4) is 0 Å². The van der Waals surface area contributed by atoms with E-state index in [2.05, 4.69) is 23.3 Å². The highest BCUT2D eigenvalue weighted by molar-refractivity contribution is 7.80. The van der Waals surface area contributed by atoms with E-state index in [4.69, 9.17) is 21.7 Å². The van der Waals surface area contributed by atoms with Gasteiger partial charge in [0.15, 0.2) is 0 Å². The molecule has 150 valence electrons. The molecule has 0 bridgehead atoms. The van der Waals surface area contributed by atoms with E-state index < -0.39 is 41.9 Å². The molecule has 0 aliphatic carbocycles. The van der Waals surface area contributed by atoms with E-state index in [9.17, 15) is 19.2 Å². The number of carbonyl (C=O) groups is 4. The summed E-state index contributed by atoms with van der Waals surface area (Å²) in [7, 11) is 0. The normalized spacial score (nSPS) is 14.1. The number of nitrogens with one attached hydrogen (secondary N) is 2. The van der Waals surface area contributed by atoms with Crippen molar-refractivity contribution in [3.05, 3.63) is 0 Å². The molecule has 2 amide bonds. The van der Waals surface area contributed by atoms with Crippen LogP contribution in [0.25, 0.3) is 0 Å². The molecule has 0 aliphatic heterocycles. The molecule has 0 radical (unpaired) electrons. The predicted octanol–water partition coefficient (Wildman–Crippen LogP) is -1.32. The van der Waals surface area contributed by atoms with Crippen molar-refractivity contribution in [3.63, 3.8) is 0 Å². The number of amides is 2. The number of carbonyl (C=O) groups excluding carboxylic acids is 2. The van der Waals surface area contributed by atoms with Gasteiger partial charge in [-0.2, -0.15) is 12.6 Å². The van der Waals surface area contributed by atoms with Crippen LogP contribution < -0.4 is 22.1 Å². The number of thiol groups is 1. The molecule has 0 aliphatic rings. The minimum atomic E-state index is -1.21. The van der Waals surface area contributed by atoms with Crippen molar-refractivity contribution in [2.24, 2.45) is 11.5 Å². The Morgan fingerprint density at radius 2 is 1.69 bits per heavy atom. The molecule has 26 heavy (non-hydrogen) atoms. The van der Waals surface area contributed by atoms with Gasteiger partial charge in [-0.15, -0.1) is 0 Å². The van der Waals surface area contributed by atoms with Crippen LogP contribution in [0.3, 0.4) is 0 Å². The Morgan fingerprint density at radius 1 is 1.04 bits per heavy atom. The van der Waals surface area contributed by atoms with E-state index in [1.165, 1.54) is 0 Å². The maximum absolute atomic E-state index is 12.3. The minimum Gasteiger partial charge on any atom is -0.481 e. The predicted molar refractivity (Wildman–Crippen MR) is 97.7 cm³/mol. The maximum atomic E-state index is 12.3. The molecule has 0 spiro atoms. The van der Waals surface area contributed by atoms with Crippen LogP contribution >= 0.6 is 12.6 Å². The second-order valence-electron chi connectivity index (χ2n) is 5.87. The molecule has 3 atom stereocenters. The Labute approximate surface area is 157 Å². The van der Waals surface area contributed by atoms with Gasteiger partial charge in [-0.05, 0) is 25.8 Å². The van der Waals surface area contributed by atoms with Crippen molar-refractivity contribution >= 4 is 36.4 Å². The van der Waals surface area contributed by atoms with Crippen molar-refractivity contribution < 1.29 is 29.4 Å². The smallest absolute Gasteiger partial charge is 0.320 e. The molecular weight excluding hydrogens is 364 g/mol. The van der Waals surface area contributed by atoms with E-state index in [-0.39, 0.29) is 25.0 Å². The van der Waals surface area contributed by atoms with Crippen molar-refractivity contribution in [1.29, 1.82) is 0 Å². The Balaban J connectivity index is 4.59. The number of carboxylic acids is 2. The van der Waals surface area contributed by atoms with Gasteiger partial charge >= 0.3 is 11.9 Å². The van der Waals surface area contributed by atoms with Crippen molar-refractivity contribution in [2.75, 3.05) is 12.3 Å². The fourth-order valence-electron chi connectivity index (χ4n) is 2.14. The lowest BCUT2D eigenvalue weighted by atomic mass is 10.1. The van der Waals surface area contributed by atoms with E-state index in [0.717, 1.165) is 0 Å². The molecule has 10 nitrogen and oxygen atoms in total. The second-order valence-corrected chi connectivity index (χ2v) is 6.24. The van der Waals surface area contributed by atoms with Crippen LogP contribution in [0.2, 0.25) is 0 Å². The molecule has 0 aromatic heterocycles.